The lowest BCUT2D eigenvalue weighted by atomic mass is 10.1. The van der Waals surface area contributed by atoms with Crippen molar-refractivity contribution in [3.63, 3.8) is 0 Å². The van der Waals surface area contributed by atoms with Gasteiger partial charge in [-0.05, 0) is 43.7 Å². The molecule has 0 saturated heterocycles. The van der Waals surface area contributed by atoms with Crippen LogP contribution in [0.2, 0.25) is 10.0 Å². The molecular formula is C20H22Cl2N2O2S. The van der Waals surface area contributed by atoms with Gasteiger partial charge in [0.05, 0.1) is 15.8 Å². The van der Waals surface area contributed by atoms with Crippen LogP contribution in [0.5, 0.6) is 0 Å². The van der Waals surface area contributed by atoms with E-state index in [4.69, 9.17) is 23.2 Å². The van der Waals surface area contributed by atoms with Gasteiger partial charge in [0.2, 0.25) is 11.8 Å². The highest BCUT2D eigenvalue weighted by atomic mass is 35.5. The van der Waals surface area contributed by atoms with Gasteiger partial charge in [0, 0.05) is 18.5 Å². The van der Waals surface area contributed by atoms with Crippen LogP contribution in [-0.2, 0) is 16.1 Å². The van der Waals surface area contributed by atoms with E-state index in [1.165, 1.54) is 17.3 Å². The number of carbonyl (C=O) groups excluding carboxylic acids is 2. The predicted octanol–water partition coefficient (Wildman–Crippen LogP) is 4.56. The fraction of sp³-hybridized carbons (Fsp3) is 0.300. The number of nitrogens with zero attached hydrogens (tertiary/aromatic N) is 1. The van der Waals surface area contributed by atoms with Crippen LogP contribution < -0.4 is 5.32 Å². The minimum Gasteiger partial charge on any atom is -0.357 e. The summed E-state index contributed by atoms with van der Waals surface area (Å²) in [4.78, 5) is 27.6. The average Bonchev–Trinajstić information content (AvgIpc) is 2.67. The molecule has 2 aromatic rings. The molecule has 0 saturated carbocycles. The van der Waals surface area contributed by atoms with Crippen molar-refractivity contribution >= 4 is 46.8 Å². The number of hydrogen-bond donors (Lipinski definition) is 1. The van der Waals surface area contributed by atoms with Crippen LogP contribution >= 0.6 is 35.0 Å². The molecule has 0 aliphatic rings. The molecule has 4 nitrogen and oxygen atoms in total. The first kappa shape index (κ1) is 21.6. The van der Waals surface area contributed by atoms with Gasteiger partial charge in [0.1, 0.15) is 6.04 Å². The van der Waals surface area contributed by atoms with Crippen LogP contribution in [0.1, 0.15) is 18.1 Å². The summed E-state index contributed by atoms with van der Waals surface area (Å²) in [6, 6.07) is 12.6. The molecule has 7 heteroatoms. The van der Waals surface area contributed by atoms with Crippen molar-refractivity contribution in [2.45, 2.75) is 31.3 Å². The number of rotatable bonds is 7. The second-order valence-corrected chi connectivity index (χ2v) is 8.03. The molecular weight excluding hydrogens is 403 g/mol. The molecule has 0 aliphatic carbocycles. The first-order valence-corrected chi connectivity index (χ1v) is 10.2. The van der Waals surface area contributed by atoms with Gasteiger partial charge in [-0.25, -0.2) is 0 Å². The molecule has 144 valence electrons. The summed E-state index contributed by atoms with van der Waals surface area (Å²) in [7, 11) is 1.56. The number of carbonyl (C=O) groups is 2. The quantitative estimate of drug-likeness (QED) is 0.662. The maximum Gasteiger partial charge on any atom is 0.242 e. The molecule has 1 atom stereocenters. The van der Waals surface area contributed by atoms with Crippen LogP contribution in [0.3, 0.4) is 0 Å². The molecule has 2 amide bonds. The highest BCUT2D eigenvalue weighted by Gasteiger charge is 2.25. The molecule has 0 fully saturated rings. The zero-order chi connectivity index (χ0) is 20.0. The number of hydrogen-bond acceptors (Lipinski definition) is 3. The number of amides is 2. The van der Waals surface area contributed by atoms with Crippen molar-refractivity contribution in [1.29, 1.82) is 0 Å². The Morgan fingerprint density at radius 3 is 2.37 bits per heavy atom. The maximum atomic E-state index is 12.9. The van der Waals surface area contributed by atoms with Gasteiger partial charge in [0.15, 0.2) is 0 Å². The lowest BCUT2D eigenvalue weighted by molar-refractivity contribution is -0.138. The third-order valence-electron chi connectivity index (χ3n) is 4.13. The Balaban J connectivity index is 2.14. The molecule has 0 spiro atoms. The summed E-state index contributed by atoms with van der Waals surface area (Å²) in [6.45, 7) is 4.01. The number of likely N-dealkylation sites (N-methyl/N-ethyl adjacent to an activating group) is 1. The molecule has 0 unspecified atom stereocenters. The molecule has 2 aromatic carbocycles. The number of aryl methyl sites for hydroxylation is 1. The smallest absolute Gasteiger partial charge is 0.242 e. The van der Waals surface area contributed by atoms with Crippen LogP contribution in [0.25, 0.3) is 0 Å². The Labute approximate surface area is 174 Å². The molecule has 0 heterocycles. The van der Waals surface area contributed by atoms with Crippen molar-refractivity contribution in [3.05, 3.63) is 63.6 Å². The monoisotopic (exact) mass is 424 g/mol. The molecule has 0 bridgehead atoms. The van der Waals surface area contributed by atoms with Gasteiger partial charge in [0.25, 0.3) is 0 Å². The predicted molar refractivity (Wildman–Crippen MR) is 112 cm³/mol. The average molecular weight is 425 g/mol. The van der Waals surface area contributed by atoms with Gasteiger partial charge in [-0.15, -0.1) is 11.8 Å². The third kappa shape index (κ3) is 6.16. The Morgan fingerprint density at radius 1 is 1.11 bits per heavy atom. The lowest BCUT2D eigenvalue weighted by Gasteiger charge is -2.28. The number of thioether (sulfide) groups is 1. The Morgan fingerprint density at radius 2 is 1.78 bits per heavy atom. The van der Waals surface area contributed by atoms with E-state index in [1.54, 1.807) is 37.1 Å². The summed E-state index contributed by atoms with van der Waals surface area (Å²) in [5, 5.41) is 3.47. The Bertz CT molecular complexity index is 812. The molecule has 27 heavy (non-hydrogen) atoms. The minimum atomic E-state index is -0.601. The summed E-state index contributed by atoms with van der Waals surface area (Å²) >= 11 is 13.5. The van der Waals surface area contributed by atoms with E-state index in [1.807, 2.05) is 31.2 Å². The summed E-state index contributed by atoms with van der Waals surface area (Å²) in [6.07, 6.45) is 0. The van der Waals surface area contributed by atoms with Crippen LogP contribution in [-0.4, -0.2) is 35.6 Å². The zero-order valence-corrected chi connectivity index (χ0v) is 17.8. The highest BCUT2D eigenvalue weighted by molar-refractivity contribution is 8.00. The normalized spacial score (nSPS) is 11.7. The fourth-order valence-corrected chi connectivity index (χ4v) is 3.59. The number of nitrogens with one attached hydrogen (secondary N) is 1. The Kier molecular flexibility index (Phi) is 8.02. The maximum absolute atomic E-state index is 12.9. The number of halogens is 2. The summed E-state index contributed by atoms with van der Waals surface area (Å²) in [5.41, 5.74) is 1.98. The largest absolute Gasteiger partial charge is 0.357 e. The summed E-state index contributed by atoms with van der Waals surface area (Å²) < 4.78 is 0. The van der Waals surface area contributed by atoms with Crippen LogP contribution in [0.15, 0.2) is 47.4 Å². The van der Waals surface area contributed by atoms with Gasteiger partial charge in [-0.1, -0.05) is 47.0 Å². The van der Waals surface area contributed by atoms with Gasteiger partial charge < -0.3 is 10.2 Å². The minimum absolute atomic E-state index is 0.122. The molecule has 0 radical (unpaired) electrons. The van der Waals surface area contributed by atoms with Gasteiger partial charge in [-0.2, -0.15) is 0 Å². The second-order valence-electron chi connectivity index (χ2n) is 6.16. The third-order valence-corrected chi connectivity index (χ3v) is 5.87. The van der Waals surface area contributed by atoms with Crippen LogP contribution in [0.4, 0.5) is 0 Å². The van der Waals surface area contributed by atoms with E-state index in [2.05, 4.69) is 5.32 Å². The van der Waals surface area contributed by atoms with Crippen molar-refractivity contribution in [2.24, 2.45) is 0 Å². The van der Waals surface area contributed by atoms with Crippen molar-refractivity contribution in [1.82, 2.24) is 10.2 Å². The Hall–Kier alpha value is -1.69. The topological polar surface area (TPSA) is 49.4 Å². The van der Waals surface area contributed by atoms with Gasteiger partial charge in [-0.3, -0.25) is 9.59 Å². The molecule has 0 aromatic heterocycles. The standard InChI is InChI=1S/C20H22Cl2N2O2S/c1-13-4-7-16(8-5-13)27-12-19(25)24(14(2)20(26)23-3)11-15-6-9-17(21)18(22)10-15/h4-10,14H,11-12H2,1-3H3,(H,23,26)/t14-/m1/s1. The fourth-order valence-electron chi connectivity index (χ4n) is 2.49. The van der Waals surface area contributed by atoms with E-state index < -0.39 is 6.04 Å². The molecule has 2 rings (SSSR count). The van der Waals surface area contributed by atoms with Crippen molar-refractivity contribution in [2.75, 3.05) is 12.8 Å². The van der Waals surface area contributed by atoms with E-state index in [0.717, 1.165) is 10.5 Å². The van der Waals surface area contributed by atoms with E-state index in [9.17, 15) is 9.59 Å². The van der Waals surface area contributed by atoms with Crippen LogP contribution in [0, 0.1) is 6.92 Å². The van der Waals surface area contributed by atoms with Gasteiger partial charge >= 0.3 is 0 Å². The molecule has 0 aliphatic heterocycles. The van der Waals surface area contributed by atoms with E-state index in [0.29, 0.717) is 10.0 Å². The second kappa shape index (κ2) is 10.0. The SMILES string of the molecule is CNC(=O)[C@@H](C)N(Cc1ccc(Cl)c(Cl)c1)C(=O)CSc1ccc(C)cc1. The molecule has 1 N–H and O–H groups in total. The summed E-state index contributed by atoms with van der Waals surface area (Å²) in [5.74, 6) is -0.0994. The first-order valence-electron chi connectivity index (χ1n) is 8.46. The first-order chi connectivity index (χ1) is 12.8. The van der Waals surface area contributed by atoms with Crippen molar-refractivity contribution < 1.29 is 9.59 Å². The zero-order valence-electron chi connectivity index (χ0n) is 15.5. The van der Waals surface area contributed by atoms with E-state index in [-0.39, 0.29) is 24.1 Å². The highest BCUT2D eigenvalue weighted by Crippen LogP contribution is 2.24. The number of benzene rings is 2. The van der Waals surface area contributed by atoms with Crippen molar-refractivity contribution in [3.8, 4) is 0 Å². The lowest BCUT2D eigenvalue weighted by Crippen LogP contribution is -2.47. The van der Waals surface area contributed by atoms with E-state index >= 15 is 0 Å².